The number of hydrogen-bond acceptors (Lipinski definition) is 5. The largest absolute Gasteiger partial charge is 0.289 e. The summed E-state index contributed by atoms with van der Waals surface area (Å²) in [6.07, 6.45) is 1.19. The molecule has 1 heterocycles. The molecule has 0 aliphatic carbocycles. The van der Waals surface area contributed by atoms with Crippen LogP contribution in [0, 0.1) is 24.0 Å². The smallest absolute Gasteiger partial charge is 0.258 e. The Balaban J connectivity index is 2.24. The van der Waals surface area contributed by atoms with Crippen molar-refractivity contribution in [2.75, 3.05) is 0 Å². The van der Waals surface area contributed by atoms with E-state index in [4.69, 9.17) is 11.6 Å². The van der Waals surface area contributed by atoms with Gasteiger partial charge in [-0.25, -0.2) is 17.4 Å². The van der Waals surface area contributed by atoms with Gasteiger partial charge < -0.3 is 0 Å². The predicted octanol–water partition coefficient (Wildman–Crippen LogP) is 3.45. The molecule has 0 aliphatic rings. The van der Waals surface area contributed by atoms with Crippen LogP contribution in [-0.4, -0.2) is 22.3 Å². The molecule has 1 aromatic heterocycles. The molecular weight excluding hydrogens is 354 g/mol. The standard InChI is InChI=1S/C15H12ClN3O4S/c1-9-5-13-15(6-10(9)2)18(8-17-13)24(22,23)11-3-4-12(16)14(7-11)19(20)21/h3-8H,1-2H3. The summed E-state index contributed by atoms with van der Waals surface area (Å²) in [6.45, 7) is 3.77. The van der Waals surface area contributed by atoms with Crippen molar-refractivity contribution in [3.05, 3.63) is 62.9 Å². The van der Waals surface area contributed by atoms with Crippen LogP contribution in [0.5, 0.6) is 0 Å². The second-order valence-electron chi connectivity index (χ2n) is 5.34. The highest BCUT2D eigenvalue weighted by Gasteiger charge is 2.24. The first-order chi connectivity index (χ1) is 11.2. The Bertz CT molecular complexity index is 1090. The van der Waals surface area contributed by atoms with Gasteiger partial charge in [0.15, 0.2) is 0 Å². The number of benzene rings is 2. The second-order valence-corrected chi connectivity index (χ2v) is 7.56. The Morgan fingerprint density at radius 1 is 1.17 bits per heavy atom. The Labute approximate surface area is 142 Å². The fraction of sp³-hybridized carbons (Fsp3) is 0.133. The number of rotatable bonds is 3. The number of nitrogens with zero attached hydrogens (tertiary/aromatic N) is 3. The van der Waals surface area contributed by atoms with E-state index in [2.05, 4.69) is 4.98 Å². The van der Waals surface area contributed by atoms with E-state index < -0.39 is 20.6 Å². The van der Waals surface area contributed by atoms with Crippen LogP contribution in [0.15, 0.2) is 41.6 Å². The molecule has 0 fully saturated rings. The van der Waals surface area contributed by atoms with Gasteiger partial charge in [-0.3, -0.25) is 10.1 Å². The molecule has 0 radical (unpaired) electrons. The molecule has 0 saturated carbocycles. The van der Waals surface area contributed by atoms with Gasteiger partial charge in [0.2, 0.25) is 0 Å². The zero-order chi connectivity index (χ0) is 17.6. The highest BCUT2D eigenvalue weighted by Crippen LogP contribution is 2.29. The molecule has 2 aromatic carbocycles. The molecule has 0 amide bonds. The van der Waals surface area contributed by atoms with Crippen molar-refractivity contribution in [1.82, 2.24) is 8.96 Å². The summed E-state index contributed by atoms with van der Waals surface area (Å²) >= 11 is 5.74. The molecule has 0 aliphatic heterocycles. The number of aryl methyl sites for hydroxylation is 2. The summed E-state index contributed by atoms with van der Waals surface area (Å²) < 4.78 is 26.7. The minimum absolute atomic E-state index is 0.124. The second kappa shape index (κ2) is 5.57. The number of imidazole rings is 1. The maximum Gasteiger partial charge on any atom is 0.289 e. The quantitative estimate of drug-likeness (QED) is 0.523. The van der Waals surface area contributed by atoms with Gasteiger partial charge in [-0.05, 0) is 49.2 Å². The fourth-order valence-corrected chi connectivity index (χ4v) is 3.83. The molecule has 124 valence electrons. The van der Waals surface area contributed by atoms with Gasteiger partial charge >= 0.3 is 0 Å². The molecule has 0 N–H and O–H groups in total. The minimum atomic E-state index is -4.03. The molecular formula is C15H12ClN3O4S. The third kappa shape index (κ3) is 2.53. The molecule has 3 aromatic rings. The van der Waals surface area contributed by atoms with Crippen LogP contribution in [0.1, 0.15) is 11.1 Å². The van der Waals surface area contributed by atoms with Crippen LogP contribution in [0.4, 0.5) is 5.69 Å². The maximum absolute atomic E-state index is 12.8. The van der Waals surface area contributed by atoms with E-state index in [1.807, 2.05) is 13.8 Å². The highest BCUT2D eigenvalue weighted by molar-refractivity contribution is 7.90. The van der Waals surface area contributed by atoms with Gasteiger partial charge in [0, 0.05) is 6.07 Å². The molecule has 3 rings (SSSR count). The molecule has 7 nitrogen and oxygen atoms in total. The first-order valence-corrected chi connectivity index (χ1v) is 8.67. The van der Waals surface area contributed by atoms with E-state index in [1.54, 1.807) is 12.1 Å². The lowest BCUT2D eigenvalue weighted by atomic mass is 10.1. The van der Waals surface area contributed by atoms with E-state index in [-0.39, 0.29) is 9.92 Å². The number of halogens is 1. The summed E-state index contributed by atoms with van der Waals surface area (Å²) in [6, 6.07) is 6.89. The average molecular weight is 366 g/mol. The Hall–Kier alpha value is -2.45. The van der Waals surface area contributed by atoms with Crippen molar-refractivity contribution in [2.24, 2.45) is 0 Å². The van der Waals surface area contributed by atoms with Crippen molar-refractivity contribution >= 4 is 38.3 Å². The van der Waals surface area contributed by atoms with E-state index in [0.717, 1.165) is 21.2 Å². The van der Waals surface area contributed by atoms with E-state index >= 15 is 0 Å². The Kier molecular flexibility index (Phi) is 3.81. The van der Waals surface area contributed by atoms with Gasteiger partial charge in [-0.2, -0.15) is 0 Å². The highest BCUT2D eigenvalue weighted by atomic mass is 35.5. The lowest BCUT2D eigenvalue weighted by molar-refractivity contribution is -0.384. The van der Waals surface area contributed by atoms with E-state index in [0.29, 0.717) is 11.0 Å². The maximum atomic E-state index is 12.8. The van der Waals surface area contributed by atoms with E-state index in [9.17, 15) is 18.5 Å². The Morgan fingerprint density at radius 3 is 2.50 bits per heavy atom. The van der Waals surface area contributed by atoms with Crippen LogP contribution >= 0.6 is 11.6 Å². The molecule has 9 heteroatoms. The summed E-state index contributed by atoms with van der Waals surface area (Å²) in [4.78, 5) is 14.2. The number of hydrogen-bond donors (Lipinski definition) is 0. The lowest BCUT2D eigenvalue weighted by Gasteiger charge is -2.08. The molecule has 0 atom stereocenters. The SMILES string of the molecule is Cc1cc2ncn(S(=O)(=O)c3ccc(Cl)c([N+](=O)[O-])c3)c2cc1C. The molecule has 24 heavy (non-hydrogen) atoms. The zero-order valence-electron chi connectivity index (χ0n) is 12.7. The van der Waals surface area contributed by atoms with Crippen molar-refractivity contribution < 1.29 is 13.3 Å². The van der Waals surface area contributed by atoms with Gasteiger partial charge in [0.1, 0.15) is 11.3 Å². The third-order valence-corrected chi connectivity index (χ3v) is 5.78. The van der Waals surface area contributed by atoms with E-state index in [1.165, 1.54) is 18.5 Å². The van der Waals surface area contributed by atoms with Gasteiger partial charge in [-0.1, -0.05) is 11.6 Å². The minimum Gasteiger partial charge on any atom is -0.258 e. The van der Waals surface area contributed by atoms with Crippen LogP contribution in [0.3, 0.4) is 0 Å². The predicted molar refractivity (Wildman–Crippen MR) is 89.9 cm³/mol. The van der Waals surface area contributed by atoms with Gasteiger partial charge in [-0.15, -0.1) is 0 Å². The number of fused-ring (bicyclic) bond motifs is 1. The topological polar surface area (TPSA) is 95.1 Å². The van der Waals surface area contributed by atoms with Gasteiger partial charge in [0.25, 0.3) is 15.7 Å². The number of nitro benzene ring substituents is 1. The number of aromatic nitrogens is 2. The third-order valence-electron chi connectivity index (χ3n) is 3.80. The van der Waals surface area contributed by atoms with Crippen molar-refractivity contribution in [3.8, 4) is 0 Å². The molecule has 0 unspecified atom stereocenters. The fourth-order valence-electron chi connectivity index (χ4n) is 2.34. The van der Waals surface area contributed by atoms with Crippen molar-refractivity contribution in [3.63, 3.8) is 0 Å². The summed E-state index contributed by atoms with van der Waals surface area (Å²) in [7, 11) is -4.03. The normalized spacial score (nSPS) is 11.8. The lowest BCUT2D eigenvalue weighted by Crippen LogP contribution is -2.12. The van der Waals surface area contributed by atoms with Crippen molar-refractivity contribution in [1.29, 1.82) is 0 Å². The van der Waals surface area contributed by atoms with Crippen LogP contribution in [0.2, 0.25) is 5.02 Å². The first kappa shape index (κ1) is 16.4. The van der Waals surface area contributed by atoms with Crippen LogP contribution in [0.25, 0.3) is 11.0 Å². The van der Waals surface area contributed by atoms with Crippen LogP contribution < -0.4 is 0 Å². The Morgan fingerprint density at radius 2 is 1.83 bits per heavy atom. The zero-order valence-corrected chi connectivity index (χ0v) is 14.3. The summed E-state index contributed by atoms with van der Waals surface area (Å²) in [5.41, 5.74) is 2.39. The van der Waals surface area contributed by atoms with Gasteiger partial charge in [0.05, 0.1) is 20.9 Å². The van der Waals surface area contributed by atoms with Crippen molar-refractivity contribution in [2.45, 2.75) is 18.7 Å². The monoisotopic (exact) mass is 365 g/mol. The first-order valence-electron chi connectivity index (χ1n) is 6.85. The average Bonchev–Trinajstić information content (AvgIpc) is 2.91. The number of nitro groups is 1. The molecule has 0 bridgehead atoms. The summed E-state index contributed by atoms with van der Waals surface area (Å²) in [5.74, 6) is 0. The molecule has 0 saturated heterocycles. The van der Waals surface area contributed by atoms with Crippen LogP contribution in [-0.2, 0) is 10.0 Å². The molecule has 0 spiro atoms. The summed E-state index contributed by atoms with van der Waals surface area (Å²) in [5, 5.41) is 10.9.